The zero-order valence-electron chi connectivity index (χ0n) is 8.15. The minimum atomic E-state index is -2.60. The minimum Gasteiger partial charge on any atom is -0.259 e. The average molecular weight is 288 g/mol. The molecule has 0 N–H and O–H groups in total. The molecule has 0 saturated heterocycles. The summed E-state index contributed by atoms with van der Waals surface area (Å²) in [6.07, 6.45) is 1.38. The summed E-state index contributed by atoms with van der Waals surface area (Å²) in [5.41, 5.74) is 0.907. The standard InChI is InChI=1S/C10H8BrF2N3/c11-8-3-1-2-7(4-8)5-9-15-14-6-16(9)10(12)13/h1-4,6,10H,5H2. The van der Waals surface area contributed by atoms with Crippen LogP contribution in [0, 0.1) is 0 Å². The van der Waals surface area contributed by atoms with Crippen LogP contribution in [0.5, 0.6) is 0 Å². The molecule has 2 rings (SSSR count). The summed E-state index contributed by atoms with van der Waals surface area (Å²) in [5.74, 6) is 0.258. The molecule has 0 aliphatic heterocycles. The lowest BCUT2D eigenvalue weighted by atomic mass is 10.1. The van der Waals surface area contributed by atoms with Gasteiger partial charge in [-0.3, -0.25) is 4.57 Å². The highest BCUT2D eigenvalue weighted by molar-refractivity contribution is 9.10. The highest BCUT2D eigenvalue weighted by Gasteiger charge is 2.12. The van der Waals surface area contributed by atoms with Crippen LogP contribution in [0.1, 0.15) is 17.9 Å². The van der Waals surface area contributed by atoms with Crippen molar-refractivity contribution in [3.8, 4) is 0 Å². The Bertz CT molecular complexity index is 484. The zero-order valence-corrected chi connectivity index (χ0v) is 9.73. The first kappa shape index (κ1) is 11.2. The van der Waals surface area contributed by atoms with Gasteiger partial charge in [-0.1, -0.05) is 28.1 Å². The lowest BCUT2D eigenvalue weighted by Crippen LogP contribution is -2.04. The highest BCUT2D eigenvalue weighted by atomic mass is 79.9. The predicted molar refractivity (Wildman–Crippen MR) is 58.2 cm³/mol. The van der Waals surface area contributed by atoms with Crippen LogP contribution in [0.15, 0.2) is 35.1 Å². The summed E-state index contributed by atoms with van der Waals surface area (Å²) < 4.78 is 26.7. The third-order valence-electron chi connectivity index (χ3n) is 2.11. The van der Waals surface area contributed by atoms with Crippen molar-refractivity contribution in [3.05, 3.63) is 46.5 Å². The molecule has 0 radical (unpaired) electrons. The summed E-state index contributed by atoms with van der Waals surface area (Å²) in [7, 11) is 0. The second-order valence-corrected chi connectivity index (χ2v) is 4.15. The van der Waals surface area contributed by atoms with Gasteiger partial charge in [-0.05, 0) is 17.7 Å². The van der Waals surface area contributed by atoms with Crippen LogP contribution in [0.25, 0.3) is 0 Å². The molecule has 1 aromatic carbocycles. The number of hydrogen-bond acceptors (Lipinski definition) is 2. The Morgan fingerprint density at radius 1 is 1.38 bits per heavy atom. The molecule has 0 fully saturated rings. The molecule has 0 bridgehead atoms. The molecule has 0 unspecified atom stereocenters. The average Bonchev–Trinajstić information content (AvgIpc) is 2.66. The Labute approximate surface area is 99.2 Å². The quantitative estimate of drug-likeness (QED) is 0.869. The van der Waals surface area contributed by atoms with E-state index in [0.717, 1.165) is 20.9 Å². The van der Waals surface area contributed by atoms with Gasteiger partial charge >= 0.3 is 6.55 Å². The van der Waals surface area contributed by atoms with E-state index in [0.29, 0.717) is 6.42 Å². The van der Waals surface area contributed by atoms with Crippen molar-refractivity contribution in [3.63, 3.8) is 0 Å². The SMILES string of the molecule is FC(F)n1cnnc1Cc1cccc(Br)c1. The van der Waals surface area contributed by atoms with Crippen LogP contribution >= 0.6 is 15.9 Å². The number of halogens is 3. The normalized spacial score (nSPS) is 11.0. The van der Waals surface area contributed by atoms with E-state index in [1.807, 2.05) is 24.3 Å². The van der Waals surface area contributed by atoms with Crippen LogP contribution in [0.2, 0.25) is 0 Å². The first-order valence-corrected chi connectivity index (χ1v) is 5.37. The van der Waals surface area contributed by atoms with Gasteiger partial charge < -0.3 is 0 Å². The molecule has 1 aromatic heterocycles. The van der Waals surface area contributed by atoms with E-state index in [4.69, 9.17) is 0 Å². The molecule has 6 heteroatoms. The van der Waals surface area contributed by atoms with Crippen molar-refractivity contribution >= 4 is 15.9 Å². The minimum absolute atomic E-state index is 0.258. The van der Waals surface area contributed by atoms with Gasteiger partial charge in [-0.15, -0.1) is 10.2 Å². The van der Waals surface area contributed by atoms with Gasteiger partial charge in [0.2, 0.25) is 0 Å². The Kier molecular flexibility index (Phi) is 3.28. The second kappa shape index (κ2) is 4.69. The first-order chi connectivity index (χ1) is 7.66. The van der Waals surface area contributed by atoms with Crippen LogP contribution in [-0.2, 0) is 6.42 Å². The fraction of sp³-hybridized carbons (Fsp3) is 0.200. The van der Waals surface area contributed by atoms with E-state index >= 15 is 0 Å². The van der Waals surface area contributed by atoms with Crippen molar-refractivity contribution in [2.45, 2.75) is 13.0 Å². The summed E-state index contributed by atoms with van der Waals surface area (Å²) in [5, 5.41) is 7.16. The van der Waals surface area contributed by atoms with E-state index < -0.39 is 6.55 Å². The number of nitrogens with zero attached hydrogens (tertiary/aromatic N) is 3. The monoisotopic (exact) mass is 287 g/mol. The molecule has 16 heavy (non-hydrogen) atoms. The maximum Gasteiger partial charge on any atom is 0.321 e. The number of rotatable bonds is 3. The van der Waals surface area contributed by atoms with Gasteiger partial charge in [0.1, 0.15) is 12.2 Å². The van der Waals surface area contributed by atoms with Crippen molar-refractivity contribution in [1.29, 1.82) is 0 Å². The van der Waals surface area contributed by atoms with Crippen molar-refractivity contribution < 1.29 is 8.78 Å². The first-order valence-electron chi connectivity index (χ1n) is 4.58. The summed E-state index contributed by atoms with van der Waals surface area (Å²) >= 11 is 3.32. The lowest BCUT2D eigenvalue weighted by molar-refractivity contribution is 0.0670. The van der Waals surface area contributed by atoms with E-state index in [-0.39, 0.29) is 5.82 Å². The van der Waals surface area contributed by atoms with Crippen molar-refractivity contribution in [1.82, 2.24) is 14.8 Å². The maximum atomic E-state index is 12.5. The largest absolute Gasteiger partial charge is 0.321 e. The maximum absolute atomic E-state index is 12.5. The van der Waals surface area contributed by atoms with Crippen molar-refractivity contribution in [2.75, 3.05) is 0 Å². The zero-order chi connectivity index (χ0) is 11.5. The lowest BCUT2D eigenvalue weighted by Gasteiger charge is -2.05. The molecular formula is C10H8BrF2N3. The van der Waals surface area contributed by atoms with Crippen LogP contribution in [0.3, 0.4) is 0 Å². The summed E-state index contributed by atoms with van der Waals surface area (Å²) in [4.78, 5) is 0. The molecule has 0 spiro atoms. The summed E-state index contributed by atoms with van der Waals surface area (Å²) in [6.45, 7) is -2.60. The van der Waals surface area contributed by atoms with E-state index in [2.05, 4.69) is 26.1 Å². The number of benzene rings is 1. The van der Waals surface area contributed by atoms with E-state index in [1.54, 1.807) is 0 Å². The molecule has 0 amide bonds. The number of hydrogen-bond donors (Lipinski definition) is 0. The molecule has 0 saturated carbocycles. The van der Waals surface area contributed by atoms with Gasteiger partial charge in [-0.2, -0.15) is 8.78 Å². The Morgan fingerprint density at radius 2 is 2.19 bits per heavy atom. The van der Waals surface area contributed by atoms with Crippen LogP contribution in [0.4, 0.5) is 8.78 Å². The highest BCUT2D eigenvalue weighted by Crippen LogP contribution is 2.17. The van der Waals surface area contributed by atoms with Crippen LogP contribution < -0.4 is 0 Å². The number of aromatic nitrogens is 3. The van der Waals surface area contributed by atoms with Gasteiger partial charge in [0.25, 0.3) is 0 Å². The van der Waals surface area contributed by atoms with Gasteiger partial charge in [0.05, 0.1) is 0 Å². The second-order valence-electron chi connectivity index (χ2n) is 3.24. The van der Waals surface area contributed by atoms with Gasteiger partial charge in [0.15, 0.2) is 0 Å². The molecule has 84 valence electrons. The molecule has 0 aliphatic rings. The molecular weight excluding hydrogens is 280 g/mol. The molecule has 0 atom stereocenters. The fourth-order valence-corrected chi connectivity index (χ4v) is 1.83. The smallest absolute Gasteiger partial charge is 0.259 e. The third kappa shape index (κ3) is 2.44. The van der Waals surface area contributed by atoms with Crippen molar-refractivity contribution in [2.24, 2.45) is 0 Å². The van der Waals surface area contributed by atoms with E-state index in [9.17, 15) is 8.78 Å². The fourth-order valence-electron chi connectivity index (χ4n) is 1.39. The summed E-state index contributed by atoms with van der Waals surface area (Å²) in [6, 6.07) is 7.45. The Morgan fingerprint density at radius 3 is 2.88 bits per heavy atom. The van der Waals surface area contributed by atoms with Gasteiger partial charge in [-0.25, -0.2) is 0 Å². The molecule has 0 aliphatic carbocycles. The molecule has 2 aromatic rings. The van der Waals surface area contributed by atoms with Gasteiger partial charge in [0, 0.05) is 10.9 Å². The topological polar surface area (TPSA) is 30.7 Å². The molecule has 1 heterocycles. The molecule has 3 nitrogen and oxygen atoms in total. The Balaban J connectivity index is 2.24. The predicted octanol–water partition coefficient (Wildman–Crippen LogP) is 3.03. The Hall–Kier alpha value is -1.30. The van der Waals surface area contributed by atoms with E-state index in [1.165, 1.54) is 0 Å². The third-order valence-corrected chi connectivity index (χ3v) is 2.60. The van der Waals surface area contributed by atoms with Crippen LogP contribution in [-0.4, -0.2) is 14.8 Å². The number of alkyl halides is 2.